The van der Waals surface area contributed by atoms with Crippen molar-refractivity contribution in [2.75, 3.05) is 26.4 Å². The first kappa shape index (κ1) is 107. The third kappa shape index (κ3) is 25.7. The summed E-state index contributed by atoms with van der Waals surface area (Å²) < 4.78 is 64.0. The summed E-state index contributed by atoms with van der Waals surface area (Å²) in [6.07, 6.45) is 1.21. The SMILES string of the molecule is CC(C)(C)c1cc2c(OCCOCCOc3c4cc(C(C)(C)C)cc3Cc3cc(C(C)(C)C)cc(c3OC(=O)c3ccccc3)Cc3cc(C(C)(C)C)cc(c3OC(=O)c3ccccc3)Cc3cc(C(C)(C)C)cc(c3OC(=O)c3ccccc3)C4)c(c1)Cc1cc(C(C)(C)C)cc(c1OC(=O)c1ccccc1)Cc1cc(C(C)(C)C)cc(c1OC(=O)c1ccccc1)Cc1cc(C(C)(C)C)cc(c1OC(=O)c1ccccc1)C2. The van der Waals surface area contributed by atoms with Gasteiger partial charge in [0.25, 0.3) is 0 Å². The number of benzene rings is 14. The van der Waals surface area contributed by atoms with Gasteiger partial charge in [0.2, 0.25) is 0 Å². The van der Waals surface area contributed by atoms with Crippen LogP contribution in [-0.2, 0) is 99.4 Å². The standard InChI is InChI=1S/C134H142O15/c1-127(2,3)105-67-89-59-93-71-107(129(7,8)9)75-97(115(93)144-121(135)83-43-31-25-32-44-83)63-101-79-111(133(19,20)21)80-102(119(101)148-125(139)87-51-39-29-40-52-87)64-98-76-108(130(10,11)12)72-94(116(98)145-122(136)84-45-33-26-34-46-84)60-90(68-105)113(89)142-57-55-141-56-58-143-114-91-61-95-73-109(131(13,14)15)77-99(117(95)146-123(137)85-47-35-27-36-48-85)65-103-81-112(134(22,23)24)82-104(120(103)149-126(140)88-53-41-30-42-54-88)66-100-78-110(132(16,17)18)74-96(62-92(114)70-106(69-91)128(4,5)6)118(100)147-124(138)86-49-37-28-38-50-86/h25-54,67-82H,55-66H2,1-24H3. The van der Waals surface area contributed by atoms with Crippen LogP contribution in [0.25, 0.3) is 0 Å². The second kappa shape index (κ2) is 43.3. The van der Waals surface area contributed by atoms with E-state index in [1.54, 1.807) is 72.8 Å². The summed E-state index contributed by atoms with van der Waals surface area (Å²) >= 11 is 0. The fraction of sp³-hybridized carbons (Fsp3) is 0.328. The third-order valence-electron chi connectivity index (χ3n) is 28.1. The van der Waals surface area contributed by atoms with E-state index in [1.807, 2.05) is 109 Å². The highest BCUT2D eigenvalue weighted by Gasteiger charge is 2.37. The van der Waals surface area contributed by atoms with Gasteiger partial charge in [-0.05, 0) is 183 Å². The van der Waals surface area contributed by atoms with Gasteiger partial charge in [0.15, 0.2) is 0 Å². The zero-order valence-electron chi connectivity index (χ0n) is 91.2. The van der Waals surface area contributed by atoms with Crippen LogP contribution in [0, 0.1) is 0 Å². The van der Waals surface area contributed by atoms with E-state index in [9.17, 15) is 0 Å². The largest absolute Gasteiger partial charge is 0.491 e. The Kier molecular flexibility index (Phi) is 31.2. The van der Waals surface area contributed by atoms with Crippen LogP contribution < -0.4 is 37.9 Å². The highest BCUT2D eigenvalue weighted by atomic mass is 16.6. The zero-order valence-corrected chi connectivity index (χ0v) is 91.2. The van der Waals surface area contributed by atoms with Crippen LogP contribution >= 0.6 is 0 Å². The van der Waals surface area contributed by atoms with Crippen molar-refractivity contribution < 1.29 is 71.4 Å². The van der Waals surface area contributed by atoms with E-state index in [-0.39, 0.29) is 77.8 Å². The molecule has 0 fully saturated rings. The molecule has 0 radical (unpaired) electrons. The van der Waals surface area contributed by atoms with E-state index in [0.717, 1.165) is 66.8 Å². The van der Waals surface area contributed by atoms with Crippen LogP contribution in [0.1, 0.15) is 362 Å². The molecule has 16 rings (SSSR count). The van der Waals surface area contributed by atoms with Gasteiger partial charge in [0.05, 0.1) is 46.6 Å². The minimum Gasteiger partial charge on any atom is -0.491 e. The normalized spacial score (nSPS) is 13.0. The van der Waals surface area contributed by atoms with Crippen LogP contribution in [0.15, 0.2) is 279 Å². The Hall–Kier alpha value is -14.5. The topological polar surface area (TPSA) is 185 Å². The highest BCUT2D eigenvalue weighted by molar-refractivity contribution is 5.95. The zero-order chi connectivity index (χ0) is 107. The summed E-state index contributed by atoms with van der Waals surface area (Å²) in [4.78, 5) is 91.5. The van der Waals surface area contributed by atoms with Gasteiger partial charge in [-0.3, -0.25) is 0 Å². The monoisotopic (exact) mass is 1990 g/mol. The quantitative estimate of drug-likeness (QED) is 0.0398. The number of fused-ring (bicyclic) bond motifs is 16. The number of hydrogen-bond acceptors (Lipinski definition) is 15. The highest BCUT2D eigenvalue weighted by Crippen LogP contribution is 2.50. The number of ether oxygens (including phenoxy) is 9. The lowest BCUT2D eigenvalue weighted by molar-refractivity contribution is 0.0719. The molecule has 0 unspecified atom stereocenters. The second-order valence-electron chi connectivity index (χ2n) is 48.2. The summed E-state index contributed by atoms with van der Waals surface area (Å²) in [5.41, 5.74) is 17.4. The Morgan fingerprint density at radius 1 is 0.168 bits per heavy atom. The smallest absolute Gasteiger partial charge is 0.343 e. The molecule has 2 aliphatic carbocycles. The molecular formula is C134H142O15. The second-order valence-corrected chi connectivity index (χ2v) is 48.2. The summed E-state index contributed by atoms with van der Waals surface area (Å²) in [7, 11) is 0. The van der Waals surface area contributed by atoms with Gasteiger partial charge in [-0.2, -0.15) is 0 Å². The summed E-state index contributed by atoms with van der Waals surface area (Å²) in [5, 5.41) is 0. The molecule has 0 aliphatic heterocycles. The first-order valence-corrected chi connectivity index (χ1v) is 52.1. The molecule has 2 aliphatic rings. The van der Waals surface area contributed by atoms with E-state index >= 15 is 28.8 Å². The Bertz CT molecular complexity index is 6580. The number of hydrogen-bond donors (Lipinski definition) is 0. The molecule has 0 N–H and O–H groups in total. The van der Waals surface area contributed by atoms with E-state index < -0.39 is 79.1 Å². The molecule has 15 nitrogen and oxygen atoms in total. The van der Waals surface area contributed by atoms with E-state index in [1.165, 1.54) is 0 Å². The third-order valence-corrected chi connectivity index (χ3v) is 28.1. The summed E-state index contributed by atoms with van der Waals surface area (Å²) in [6.45, 7) is 52.4. The molecule has 0 heterocycles. The molecule has 149 heavy (non-hydrogen) atoms. The predicted octanol–water partition coefficient (Wildman–Crippen LogP) is 30.2. The molecule has 0 aromatic heterocycles. The Morgan fingerprint density at radius 3 is 0.396 bits per heavy atom. The van der Waals surface area contributed by atoms with E-state index in [4.69, 9.17) is 42.6 Å². The van der Waals surface area contributed by atoms with Gasteiger partial charge in [-0.25, -0.2) is 28.8 Å². The average molecular weight is 1990 g/mol. The number of carbonyl (C=O) groups is 6. The van der Waals surface area contributed by atoms with Crippen LogP contribution in [0.3, 0.4) is 0 Å². The number of carbonyl (C=O) groups excluding carboxylic acids is 6. The first-order valence-electron chi connectivity index (χ1n) is 52.1. The van der Waals surface area contributed by atoms with Crippen LogP contribution in [-0.4, -0.2) is 62.2 Å². The van der Waals surface area contributed by atoms with Crippen molar-refractivity contribution in [3.8, 4) is 46.0 Å². The maximum Gasteiger partial charge on any atom is 0.343 e. The van der Waals surface area contributed by atoms with Crippen LogP contribution in [0.5, 0.6) is 46.0 Å². The van der Waals surface area contributed by atoms with Crippen molar-refractivity contribution >= 4 is 35.8 Å². The first-order chi connectivity index (χ1) is 70.3. The minimum absolute atomic E-state index is 0.0268. The molecule has 0 saturated carbocycles. The van der Waals surface area contributed by atoms with Crippen molar-refractivity contribution in [1.29, 1.82) is 0 Å². The fourth-order valence-corrected chi connectivity index (χ4v) is 19.3. The van der Waals surface area contributed by atoms with Crippen molar-refractivity contribution in [3.05, 3.63) is 446 Å². The van der Waals surface area contributed by atoms with Gasteiger partial charge < -0.3 is 42.6 Å². The average Bonchev–Trinajstić information content (AvgIpc) is 0.756. The van der Waals surface area contributed by atoms with E-state index in [0.29, 0.717) is 146 Å². The molecule has 14 aromatic rings. The lowest BCUT2D eigenvalue weighted by atomic mass is 9.79. The maximum atomic E-state index is 15.3. The summed E-state index contributed by atoms with van der Waals surface area (Å²) in [5.74, 6) is -0.192. The molecule has 16 bridgehead atoms. The lowest BCUT2D eigenvalue weighted by Crippen LogP contribution is -2.20. The fourth-order valence-electron chi connectivity index (χ4n) is 19.3. The molecule has 15 heteroatoms. The van der Waals surface area contributed by atoms with Crippen molar-refractivity contribution in [3.63, 3.8) is 0 Å². The van der Waals surface area contributed by atoms with Crippen molar-refractivity contribution in [2.24, 2.45) is 0 Å². The molecule has 0 spiro atoms. The van der Waals surface area contributed by atoms with Crippen molar-refractivity contribution in [1.82, 2.24) is 0 Å². The van der Waals surface area contributed by atoms with Gasteiger partial charge in [0, 0.05) is 118 Å². The van der Waals surface area contributed by atoms with E-state index in [2.05, 4.69) is 263 Å². The Morgan fingerprint density at radius 2 is 0.282 bits per heavy atom. The Balaban J connectivity index is 0.860. The molecule has 0 saturated heterocycles. The Labute approximate surface area is 880 Å². The lowest BCUT2D eigenvalue weighted by Gasteiger charge is -2.29. The van der Waals surface area contributed by atoms with Gasteiger partial charge in [-0.15, -0.1) is 0 Å². The molecule has 768 valence electrons. The predicted molar refractivity (Wildman–Crippen MR) is 594 cm³/mol. The van der Waals surface area contributed by atoms with Crippen LogP contribution in [0.2, 0.25) is 0 Å². The summed E-state index contributed by atoms with van der Waals surface area (Å²) in [6, 6.07) is 88.4. The van der Waals surface area contributed by atoms with Gasteiger partial charge in [-0.1, -0.05) is 372 Å². The molecular weight excluding hydrogens is 1850 g/mol. The van der Waals surface area contributed by atoms with Crippen molar-refractivity contribution in [2.45, 2.75) is 261 Å². The molecule has 0 amide bonds. The number of esters is 6. The maximum absolute atomic E-state index is 15.3. The number of rotatable bonds is 20. The van der Waals surface area contributed by atoms with Crippen LogP contribution in [0.4, 0.5) is 0 Å². The molecule has 14 aromatic carbocycles. The molecule has 0 atom stereocenters. The minimum atomic E-state index is -0.565. The van der Waals surface area contributed by atoms with Gasteiger partial charge in [0.1, 0.15) is 59.2 Å². The van der Waals surface area contributed by atoms with Gasteiger partial charge >= 0.3 is 35.8 Å².